The molecule has 2 aromatic rings. The van der Waals surface area contributed by atoms with Gasteiger partial charge >= 0.3 is 5.97 Å². The van der Waals surface area contributed by atoms with Crippen molar-refractivity contribution >= 4 is 17.6 Å². The number of carbonyl (C=O) groups excluding carboxylic acids is 1. The van der Waals surface area contributed by atoms with Crippen LogP contribution in [0.1, 0.15) is 11.1 Å². The maximum atomic E-state index is 13.6. The lowest BCUT2D eigenvalue weighted by atomic mass is 9.79. The third kappa shape index (κ3) is 2.18. The summed E-state index contributed by atoms with van der Waals surface area (Å²) >= 11 is 0. The van der Waals surface area contributed by atoms with Gasteiger partial charge in [0.1, 0.15) is 5.82 Å². The number of cyclic esters (lactones) is 1. The quantitative estimate of drug-likeness (QED) is 0.739. The molecular formula is C20H17FN2O3. The van der Waals surface area contributed by atoms with Crippen molar-refractivity contribution in [3.05, 3.63) is 65.5 Å². The third-order valence-corrected chi connectivity index (χ3v) is 5.36. The fourth-order valence-electron chi connectivity index (χ4n) is 4.13. The van der Waals surface area contributed by atoms with E-state index in [0.717, 1.165) is 11.3 Å². The van der Waals surface area contributed by atoms with Crippen LogP contribution in [0.15, 0.2) is 53.5 Å². The van der Waals surface area contributed by atoms with Crippen molar-refractivity contribution in [3.63, 3.8) is 0 Å². The number of hydrogen-bond acceptors (Lipinski definition) is 5. The first-order valence-electron chi connectivity index (χ1n) is 8.68. The summed E-state index contributed by atoms with van der Waals surface area (Å²) in [4.78, 5) is 19.9. The fraction of sp³-hybridized carbons (Fsp3) is 0.300. The number of benzene rings is 2. The minimum Gasteiger partial charge on any atom is -0.405 e. The van der Waals surface area contributed by atoms with Crippen LogP contribution in [-0.4, -0.2) is 43.2 Å². The molecule has 132 valence electrons. The lowest BCUT2D eigenvalue weighted by Gasteiger charge is -2.48. The highest BCUT2D eigenvalue weighted by Gasteiger charge is 2.57. The van der Waals surface area contributed by atoms with Crippen LogP contribution in [0.5, 0.6) is 0 Å². The molecule has 0 aromatic heterocycles. The second-order valence-electron chi connectivity index (χ2n) is 6.83. The van der Waals surface area contributed by atoms with Gasteiger partial charge in [-0.15, -0.1) is 0 Å². The number of aliphatic imine (C=N–C) groups is 1. The van der Waals surface area contributed by atoms with E-state index in [1.54, 1.807) is 12.1 Å². The summed E-state index contributed by atoms with van der Waals surface area (Å²) < 4.78 is 24.8. The van der Waals surface area contributed by atoms with Crippen LogP contribution in [-0.2, 0) is 20.7 Å². The fourth-order valence-corrected chi connectivity index (χ4v) is 4.13. The molecule has 26 heavy (non-hydrogen) atoms. The second-order valence-corrected chi connectivity index (χ2v) is 6.83. The molecule has 0 aliphatic carbocycles. The van der Waals surface area contributed by atoms with Crippen molar-refractivity contribution in [2.24, 2.45) is 4.99 Å². The van der Waals surface area contributed by atoms with Gasteiger partial charge in [0.15, 0.2) is 5.54 Å². The van der Waals surface area contributed by atoms with Crippen LogP contribution in [0.3, 0.4) is 0 Å². The largest absolute Gasteiger partial charge is 0.405 e. The molecule has 3 aliphatic rings. The number of halogens is 1. The first-order chi connectivity index (χ1) is 12.7. The summed E-state index contributed by atoms with van der Waals surface area (Å²) in [5.41, 5.74) is 1.59. The van der Waals surface area contributed by atoms with Crippen molar-refractivity contribution < 1.29 is 18.7 Å². The molecule has 6 heteroatoms. The Balaban J connectivity index is 1.64. The molecule has 0 bridgehead atoms. The smallest absolute Gasteiger partial charge is 0.343 e. The van der Waals surface area contributed by atoms with E-state index in [2.05, 4.69) is 11.0 Å². The highest BCUT2D eigenvalue weighted by atomic mass is 19.1. The SMILES string of the molecule is O=C1OC(c2cccc(F)c2)=N[C@@]12Cc1ccccc1N1CCOC[C@@H]12. The molecule has 5 rings (SSSR count). The number of morpholine rings is 1. The van der Waals surface area contributed by atoms with E-state index >= 15 is 0 Å². The zero-order chi connectivity index (χ0) is 17.7. The topological polar surface area (TPSA) is 51.1 Å². The van der Waals surface area contributed by atoms with Gasteiger partial charge in [-0.3, -0.25) is 0 Å². The second kappa shape index (κ2) is 5.64. The highest BCUT2D eigenvalue weighted by Crippen LogP contribution is 2.42. The van der Waals surface area contributed by atoms with Crippen LogP contribution >= 0.6 is 0 Å². The number of nitrogens with zero attached hydrogens (tertiary/aromatic N) is 2. The first kappa shape index (κ1) is 15.5. The number of fused-ring (bicyclic) bond motifs is 4. The Kier molecular flexibility index (Phi) is 3.37. The molecule has 0 saturated carbocycles. The Labute approximate surface area is 150 Å². The molecule has 0 radical (unpaired) electrons. The maximum absolute atomic E-state index is 13.6. The van der Waals surface area contributed by atoms with E-state index in [4.69, 9.17) is 14.5 Å². The first-order valence-corrected chi connectivity index (χ1v) is 8.68. The molecule has 0 unspecified atom stereocenters. The van der Waals surface area contributed by atoms with Gasteiger partial charge < -0.3 is 14.4 Å². The Bertz CT molecular complexity index is 929. The van der Waals surface area contributed by atoms with Gasteiger partial charge in [-0.2, -0.15) is 0 Å². The Morgan fingerprint density at radius 1 is 1.19 bits per heavy atom. The molecule has 3 aliphatic heterocycles. The van der Waals surface area contributed by atoms with Gasteiger partial charge in [0.2, 0.25) is 5.90 Å². The van der Waals surface area contributed by atoms with E-state index in [0.29, 0.717) is 31.7 Å². The van der Waals surface area contributed by atoms with Gasteiger partial charge in [-0.1, -0.05) is 24.3 Å². The van der Waals surface area contributed by atoms with Crippen LogP contribution in [0.2, 0.25) is 0 Å². The predicted molar refractivity (Wildman–Crippen MR) is 93.9 cm³/mol. The normalized spacial score (nSPS) is 27.0. The van der Waals surface area contributed by atoms with Gasteiger partial charge in [0.05, 0.1) is 19.3 Å². The van der Waals surface area contributed by atoms with E-state index in [1.165, 1.54) is 12.1 Å². The number of hydrogen-bond donors (Lipinski definition) is 0. The summed E-state index contributed by atoms with van der Waals surface area (Å²) in [7, 11) is 0. The Hall–Kier alpha value is -2.73. The van der Waals surface area contributed by atoms with Crippen LogP contribution in [0.4, 0.5) is 10.1 Å². The zero-order valence-corrected chi connectivity index (χ0v) is 14.0. The Morgan fingerprint density at radius 3 is 2.96 bits per heavy atom. The molecule has 5 nitrogen and oxygen atoms in total. The molecule has 1 spiro atoms. The summed E-state index contributed by atoms with van der Waals surface area (Å²) in [5, 5.41) is 0. The van der Waals surface area contributed by atoms with Crippen LogP contribution in [0, 0.1) is 5.82 Å². The van der Waals surface area contributed by atoms with Crippen molar-refractivity contribution in [1.82, 2.24) is 0 Å². The van der Waals surface area contributed by atoms with Crippen molar-refractivity contribution in [1.29, 1.82) is 0 Å². The molecule has 2 aromatic carbocycles. The standard InChI is InChI=1S/C20H17FN2O3/c21-15-6-3-5-13(10-15)18-22-20(19(24)26-18)11-14-4-1-2-7-16(14)23-8-9-25-12-17(20)23/h1-7,10,17H,8-9,11-12H2/t17-,20-/m1/s1. The number of carbonyl (C=O) groups is 1. The Morgan fingerprint density at radius 2 is 2.08 bits per heavy atom. The summed E-state index contributed by atoms with van der Waals surface area (Å²) in [5.74, 6) is -0.606. The van der Waals surface area contributed by atoms with Gasteiger partial charge in [-0.05, 0) is 29.8 Å². The van der Waals surface area contributed by atoms with Gasteiger partial charge in [0, 0.05) is 24.2 Å². The van der Waals surface area contributed by atoms with Gasteiger partial charge in [0.25, 0.3) is 0 Å². The number of para-hydroxylation sites is 1. The van der Waals surface area contributed by atoms with Crippen molar-refractivity contribution in [3.8, 4) is 0 Å². The molecule has 1 saturated heterocycles. The summed E-state index contributed by atoms with van der Waals surface area (Å²) in [6, 6.07) is 13.8. The van der Waals surface area contributed by atoms with E-state index < -0.39 is 11.5 Å². The minimum atomic E-state index is -1.06. The van der Waals surface area contributed by atoms with Crippen molar-refractivity contribution in [2.75, 3.05) is 24.7 Å². The van der Waals surface area contributed by atoms with Crippen LogP contribution in [0.25, 0.3) is 0 Å². The van der Waals surface area contributed by atoms with E-state index in [1.807, 2.05) is 18.2 Å². The average Bonchev–Trinajstić information content (AvgIpc) is 2.99. The molecule has 0 amide bonds. The van der Waals surface area contributed by atoms with Crippen LogP contribution < -0.4 is 4.90 Å². The maximum Gasteiger partial charge on any atom is 0.343 e. The highest BCUT2D eigenvalue weighted by molar-refractivity contribution is 6.09. The summed E-state index contributed by atoms with van der Waals surface area (Å²) in [6.45, 7) is 1.71. The molecule has 0 N–H and O–H groups in total. The monoisotopic (exact) mass is 352 g/mol. The minimum absolute atomic E-state index is 0.180. The lowest BCUT2D eigenvalue weighted by Crippen LogP contribution is -2.64. The lowest BCUT2D eigenvalue weighted by molar-refractivity contribution is -0.141. The van der Waals surface area contributed by atoms with Gasteiger partial charge in [-0.25, -0.2) is 14.2 Å². The molecular weight excluding hydrogens is 335 g/mol. The zero-order valence-electron chi connectivity index (χ0n) is 14.0. The number of esters is 1. The van der Waals surface area contributed by atoms with E-state index in [9.17, 15) is 9.18 Å². The average molecular weight is 352 g/mol. The molecule has 3 heterocycles. The molecule has 2 atom stereocenters. The third-order valence-electron chi connectivity index (χ3n) is 5.36. The predicted octanol–water partition coefficient (Wildman–Crippen LogP) is 2.33. The number of anilines is 1. The van der Waals surface area contributed by atoms with E-state index in [-0.39, 0.29) is 17.8 Å². The number of rotatable bonds is 1. The van der Waals surface area contributed by atoms with Crippen molar-refractivity contribution in [2.45, 2.75) is 18.0 Å². The summed E-state index contributed by atoms with van der Waals surface area (Å²) in [6.07, 6.45) is 0.450. The molecule has 1 fully saturated rings. The number of ether oxygens (including phenoxy) is 2.